The molecule has 1 unspecified atom stereocenters. The number of nitrogens with zero attached hydrogens (tertiary/aromatic N) is 1. The molecule has 0 aromatic heterocycles. The minimum Gasteiger partial charge on any atom is -0.493 e. The molecular weight excluding hydrogens is 404 g/mol. The molecule has 162 valence electrons. The summed E-state index contributed by atoms with van der Waals surface area (Å²) in [6.45, 7) is 1.41. The fourth-order valence-corrected chi connectivity index (χ4v) is 3.71. The summed E-state index contributed by atoms with van der Waals surface area (Å²) < 4.78 is 21.1. The molecule has 1 saturated heterocycles. The van der Waals surface area contributed by atoms with E-state index < -0.39 is 23.3 Å². The Morgan fingerprint density at radius 3 is 2.55 bits per heavy atom. The van der Waals surface area contributed by atoms with Crippen LogP contribution in [0, 0.1) is 0 Å². The highest BCUT2D eigenvalue weighted by atomic mass is 16.7. The van der Waals surface area contributed by atoms with Crippen LogP contribution in [0.2, 0.25) is 0 Å². The maximum absolute atomic E-state index is 13.1. The van der Waals surface area contributed by atoms with Gasteiger partial charge in [0.25, 0.3) is 5.91 Å². The van der Waals surface area contributed by atoms with E-state index >= 15 is 0 Å². The number of benzene rings is 2. The quantitative estimate of drug-likeness (QED) is 0.535. The first-order chi connectivity index (χ1) is 14.8. The van der Waals surface area contributed by atoms with Gasteiger partial charge in [-0.1, -0.05) is 6.07 Å². The molecule has 0 bridgehead atoms. The van der Waals surface area contributed by atoms with Gasteiger partial charge in [-0.25, -0.2) is 4.79 Å². The topological polar surface area (TPSA) is 103 Å². The number of nitrogens with one attached hydrogen (secondary N) is 1. The molecule has 2 aromatic carbocycles. The molecule has 1 N–H and O–H groups in total. The van der Waals surface area contributed by atoms with Gasteiger partial charge < -0.3 is 24.3 Å². The SMILES string of the molecule is COc1ccc(C(=O)CN2C(=O)NC(C)(Cc3ccc4c(c3)OCO4)C2=O)cc1OC. The van der Waals surface area contributed by atoms with E-state index in [1.807, 2.05) is 6.07 Å². The monoisotopic (exact) mass is 426 g/mol. The molecule has 9 heteroatoms. The summed E-state index contributed by atoms with van der Waals surface area (Å²) in [7, 11) is 2.96. The van der Waals surface area contributed by atoms with Crippen molar-refractivity contribution in [3.8, 4) is 23.0 Å². The summed E-state index contributed by atoms with van der Waals surface area (Å²) in [5, 5.41) is 2.71. The molecule has 1 atom stereocenters. The molecule has 2 heterocycles. The summed E-state index contributed by atoms with van der Waals surface area (Å²) in [6.07, 6.45) is 0.245. The first-order valence-electron chi connectivity index (χ1n) is 9.62. The van der Waals surface area contributed by atoms with Crippen molar-refractivity contribution >= 4 is 17.7 Å². The lowest BCUT2D eigenvalue weighted by Crippen LogP contribution is -2.46. The standard InChI is InChI=1S/C22H22N2O7/c1-22(10-13-4-6-17-19(8-13)31-12-30-17)20(26)24(21(27)23-22)11-15(25)14-5-7-16(28-2)18(9-14)29-3/h4-9H,10-12H2,1-3H3,(H,23,27). The molecule has 4 rings (SSSR count). The number of fused-ring (bicyclic) bond motifs is 1. The Labute approximate surface area is 178 Å². The van der Waals surface area contributed by atoms with Gasteiger partial charge >= 0.3 is 6.03 Å². The van der Waals surface area contributed by atoms with Gasteiger partial charge in [-0.15, -0.1) is 0 Å². The number of carbonyl (C=O) groups excluding carboxylic acids is 3. The molecule has 0 saturated carbocycles. The number of rotatable bonds is 7. The molecule has 0 radical (unpaired) electrons. The first-order valence-corrected chi connectivity index (χ1v) is 9.62. The second-order valence-electron chi connectivity index (χ2n) is 7.51. The number of hydrogen-bond acceptors (Lipinski definition) is 7. The van der Waals surface area contributed by atoms with Crippen molar-refractivity contribution in [2.45, 2.75) is 18.9 Å². The number of amides is 3. The summed E-state index contributed by atoms with van der Waals surface area (Å²) >= 11 is 0. The second kappa shape index (κ2) is 7.82. The van der Waals surface area contributed by atoms with Crippen LogP contribution in [0.15, 0.2) is 36.4 Å². The van der Waals surface area contributed by atoms with Crippen LogP contribution in [0.1, 0.15) is 22.8 Å². The lowest BCUT2D eigenvalue weighted by atomic mass is 9.92. The summed E-state index contributed by atoms with van der Waals surface area (Å²) in [5.74, 6) is 1.24. The lowest BCUT2D eigenvalue weighted by Gasteiger charge is -2.22. The number of methoxy groups -OCH3 is 2. The van der Waals surface area contributed by atoms with Crippen molar-refractivity contribution in [3.05, 3.63) is 47.5 Å². The summed E-state index contributed by atoms with van der Waals surface area (Å²) in [5.41, 5.74) is -0.0704. The largest absolute Gasteiger partial charge is 0.493 e. The Kier molecular flexibility index (Phi) is 5.18. The Balaban J connectivity index is 1.49. The summed E-state index contributed by atoms with van der Waals surface area (Å²) in [6, 6.07) is 9.43. The minimum atomic E-state index is -1.18. The van der Waals surface area contributed by atoms with Crippen molar-refractivity contribution in [2.24, 2.45) is 0 Å². The predicted octanol–water partition coefficient (Wildman–Crippen LogP) is 2.17. The molecule has 2 aliphatic heterocycles. The highest BCUT2D eigenvalue weighted by Gasteiger charge is 2.48. The fraction of sp³-hybridized carbons (Fsp3) is 0.318. The van der Waals surface area contributed by atoms with Gasteiger partial charge in [-0.2, -0.15) is 0 Å². The molecule has 0 spiro atoms. The van der Waals surface area contributed by atoms with Gasteiger partial charge in [0.2, 0.25) is 6.79 Å². The third kappa shape index (κ3) is 3.74. The van der Waals surface area contributed by atoms with Crippen molar-refractivity contribution < 1.29 is 33.3 Å². The number of carbonyl (C=O) groups is 3. The van der Waals surface area contributed by atoms with Crippen molar-refractivity contribution in [1.29, 1.82) is 0 Å². The average molecular weight is 426 g/mol. The van der Waals surface area contributed by atoms with E-state index in [0.29, 0.717) is 28.6 Å². The van der Waals surface area contributed by atoms with Crippen LogP contribution in [0.5, 0.6) is 23.0 Å². The third-order valence-electron chi connectivity index (χ3n) is 5.35. The molecule has 1 fully saturated rings. The zero-order valence-electron chi connectivity index (χ0n) is 17.4. The zero-order valence-corrected chi connectivity index (χ0v) is 17.4. The van der Waals surface area contributed by atoms with Crippen LogP contribution < -0.4 is 24.3 Å². The van der Waals surface area contributed by atoms with Gasteiger partial charge in [0, 0.05) is 12.0 Å². The van der Waals surface area contributed by atoms with Gasteiger partial charge in [-0.3, -0.25) is 14.5 Å². The van der Waals surface area contributed by atoms with Crippen LogP contribution in [0.4, 0.5) is 4.79 Å². The van der Waals surface area contributed by atoms with E-state index in [0.717, 1.165) is 10.5 Å². The van der Waals surface area contributed by atoms with Crippen LogP contribution in [0.25, 0.3) is 0 Å². The van der Waals surface area contributed by atoms with Crippen molar-refractivity contribution in [1.82, 2.24) is 10.2 Å². The molecule has 3 amide bonds. The van der Waals surface area contributed by atoms with E-state index in [9.17, 15) is 14.4 Å². The Morgan fingerprint density at radius 2 is 1.81 bits per heavy atom. The molecule has 31 heavy (non-hydrogen) atoms. The van der Waals surface area contributed by atoms with E-state index in [2.05, 4.69) is 5.32 Å². The molecule has 9 nitrogen and oxygen atoms in total. The maximum atomic E-state index is 13.1. The number of Topliss-reactive ketones (excluding diaryl/α,β-unsaturated/α-hetero) is 1. The number of ketones is 1. The average Bonchev–Trinajstić information content (AvgIpc) is 3.31. The van der Waals surface area contributed by atoms with E-state index in [4.69, 9.17) is 18.9 Å². The normalized spacial score (nSPS) is 19.4. The Morgan fingerprint density at radius 1 is 1.06 bits per heavy atom. The van der Waals surface area contributed by atoms with Crippen molar-refractivity contribution in [3.63, 3.8) is 0 Å². The number of urea groups is 1. The Bertz CT molecular complexity index is 1070. The third-order valence-corrected chi connectivity index (χ3v) is 5.35. The van der Waals surface area contributed by atoms with Crippen molar-refractivity contribution in [2.75, 3.05) is 27.6 Å². The predicted molar refractivity (Wildman–Crippen MR) is 109 cm³/mol. The van der Waals surface area contributed by atoms with Crippen LogP contribution in [0.3, 0.4) is 0 Å². The van der Waals surface area contributed by atoms with Gasteiger partial charge in [0.1, 0.15) is 5.54 Å². The second-order valence-corrected chi connectivity index (χ2v) is 7.51. The maximum Gasteiger partial charge on any atom is 0.325 e. The highest BCUT2D eigenvalue weighted by Crippen LogP contribution is 2.34. The summed E-state index contributed by atoms with van der Waals surface area (Å²) in [4.78, 5) is 39.3. The molecule has 2 aliphatic rings. The van der Waals surface area contributed by atoms with Crippen LogP contribution >= 0.6 is 0 Å². The fourth-order valence-electron chi connectivity index (χ4n) is 3.71. The number of imide groups is 1. The number of hydrogen-bond donors (Lipinski definition) is 1. The van der Waals surface area contributed by atoms with E-state index in [1.165, 1.54) is 20.3 Å². The lowest BCUT2D eigenvalue weighted by molar-refractivity contribution is -0.130. The molecule has 0 aliphatic carbocycles. The molecular formula is C22H22N2O7. The smallest absolute Gasteiger partial charge is 0.325 e. The molecule has 2 aromatic rings. The zero-order chi connectivity index (χ0) is 22.2. The van der Waals surface area contributed by atoms with E-state index in [-0.39, 0.29) is 19.8 Å². The highest BCUT2D eigenvalue weighted by molar-refractivity contribution is 6.11. The first kappa shape index (κ1) is 20.5. The van der Waals surface area contributed by atoms with Crippen LogP contribution in [-0.4, -0.2) is 55.7 Å². The van der Waals surface area contributed by atoms with Gasteiger partial charge in [0.15, 0.2) is 28.8 Å². The van der Waals surface area contributed by atoms with Gasteiger partial charge in [0.05, 0.1) is 20.8 Å². The Hall–Kier alpha value is -3.75. The van der Waals surface area contributed by atoms with E-state index in [1.54, 1.807) is 31.2 Å². The minimum absolute atomic E-state index is 0.151. The van der Waals surface area contributed by atoms with Crippen LogP contribution in [-0.2, 0) is 11.2 Å². The van der Waals surface area contributed by atoms with Gasteiger partial charge in [-0.05, 0) is 42.8 Å². The number of ether oxygens (including phenoxy) is 4.